The molecule has 0 saturated heterocycles. The number of hydrogen-bond donors (Lipinski definition) is 0. The Hall–Kier alpha value is -1.54. The summed E-state index contributed by atoms with van der Waals surface area (Å²) < 4.78 is 39.2. The summed E-state index contributed by atoms with van der Waals surface area (Å²) in [5, 5.41) is 2.02. The molecule has 0 fully saturated rings. The third kappa shape index (κ3) is 4.00. The SMILES string of the molecule is COc1cc(F)cc(C#CS(C)(=O)=O)c1. The van der Waals surface area contributed by atoms with Crippen LogP contribution in [0.5, 0.6) is 5.75 Å². The smallest absolute Gasteiger partial charge is 0.214 e. The summed E-state index contributed by atoms with van der Waals surface area (Å²) in [5.74, 6) is 2.12. The standard InChI is InChI=1S/C10H9FO3S/c1-14-10-6-8(5-9(11)7-10)3-4-15(2,12)13/h5-7H,1-2H3. The largest absolute Gasteiger partial charge is 0.497 e. The molecule has 0 atom stereocenters. The van der Waals surface area contributed by atoms with Crippen molar-refractivity contribution in [3.63, 3.8) is 0 Å². The van der Waals surface area contributed by atoms with E-state index in [0.29, 0.717) is 5.75 Å². The van der Waals surface area contributed by atoms with Gasteiger partial charge in [0.05, 0.1) is 13.4 Å². The molecule has 0 amide bonds. The Labute approximate surface area is 87.8 Å². The molecular weight excluding hydrogens is 219 g/mol. The van der Waals surface area contributed by atoms with E-state index in [1.807, 2.05) is 5.25 Å². The maximum atomic E-state index is 12.9. The van der Waals surface area contributed by atoms with Crippen molar-refractivity contribution >= 4 is 9.84 Å². The zero-order valence-corrected chi connectivity index (χ0v) is 9.06. The molecule has 0 aliphatic carbocycles. The fraction of sp³-hybridized carbons (Fsp3) is 0.200. The maximum Gasteiger partial charge on any atom is 0.214 e. The molecular formula is C10H9FO3S. The van der Waals surface area contributed by atoms with Crippen molar-refractivity contribution in [2.45, 2.75) is 0 Å². The molecule has 5 heteroatoms. The highest BCUT2D eigenvalue weighted by Crippen LogP contribution is 2.14. The summed E-state index contributed by atoms with van der Waals surface area (Å²) in [6, 6.07) is 3.79. The second kappa shape index (κ2) is 4.32. The maximum absolute atomic E-state index is 12.9. The molecule has 3 nitrogen and oxygen atoms in total. The number of sulfone groups is 1. The van der Waals surface area contributed by atoms with Crippen LogP contribution >= 0.6 is 0 Å². The Bertz CT molecular complexity index is 523. The predicted molar refractivity (Wildman–Crippen MR) is 54.7 cm³/mol. The van der Waals surface area contributed by atoms with Gasteiger partial charge in [-0.1, -0.05) is 0 Å². The van der Waals surface area contributed by atoms with E-state index in [1.165, 1.54) is 19.2 Å². The van der Waals surface area contributed by atoms with Crippen LogP contribution in [0.15, 0.2) is 18.2 Å². The minimum Gasteiger partial charge on any atom is -0.497 e. The number of benzene rings is 1. The van der Waals surface area contributed by atoms with Crippen molar-refractivity contribution in [1.29, 1.82) is 0 Å². The minimum absolute atomic E-state index is 0.261. The van der Waals surface area contributed by atoms with Gasteiger partial charge in [-0.3, -0.25) is 0 Å². The van der Waals surface area contributed by atoms with Gasteiger partial charge in [0.2, 0.25) is 9.84 Å². The molecule has 0 heterocycles. The number of rotatable bonds is 1. The summed E-state index contributed by atoms with van der Waals surface area (Å²) in [4.78, 5) is 0. The highest BCUT2D eigenvalue weighted by molar-refractivity contribution is 7.95. The van der Waals surface area contributed by atoms with Gasteiger partial charge in [-0.2, -0.15) is 0 Å². The van der Waals surface area contributed by atoms with Gasteiger partial charge in [0.15, 0.2) is 0 Å². The molecule has 0 unspecified atom stereocenters. The lowest BCUT2D eigenvalue weighted by Gasteiger charge is -1.99. The van der Waals surface area contributed by atoms with Gasteiger partial charge in [0.25, 0.3) is 0 Å². The average Bonchev–Trinajstić information content (AvgIpc) is 2.13. The molecule has 0 radical (unpaired) electrons. The zero-order chi connectivity index (χ0) is 11.5. The van der Waals surface area contributed by atoms with Gasteiger partial charge in [0, 0.05) is 16.9 Å². The summed E-state index contributed by atoms with van der Waals surface area (Å²) in [7, 11) is -1.99. The summed E-state index contributed by atoms with van der Waals surface area (Å²) in [6.45, 7) is 0. The summed E-state index contributed by atoms with van der Waals surface area (Å²) in [6.07, 6.45) is 0.983. The number of ether oxygens (including phenoxy) is 1. The van der Waals surface area contributed by atoms with Crippen LogP contribution in [0.4, 0.5) is 4.39 Å². The normalized spacial score (nSPS) is 10.3. The van der Waals surface area contributed by atoms with Crippen LogP contribution in [0.25, 0.3) is 0 Å². The topological polar surface area (TPSA) is 43.4 Å². The minimum atomic E-state index is -3.38. The fourth-order valence-corrected chi connectivity index (χ4v) is 1.21. The Morgan fingerprint density at radius 2 is 2.00 bits per heavy atom. The molecule has 0 bridgehead atoms. The van der Waals surface area contributed by atoms with Gasteiger partial charge in [0.1, 0.15) is 11.6 Å². The lowest BCUT2D eigenvalue weighted by Crippen LogP contribution is -1.90. The number of hydrogen-bond acceptors (Lipinski definition) is 3. The van der Waals surface area contributed by atoms with Crippen molar-refractivity contribution in [2.24, 2.45) is 0 Å². The molecule has 0 N–H and O–H groups in total. The van der Waals surface area contributed by atoms with Gasteiger partial charge in [-0.05, 0) is 18.1 Å². The molecule has 0 aliphatic heterocycles. The fourth-order valence-electron chi connectivity index (χ4n) is 0.904. The third-order valence-electron chi connectivity index (χ3n) is 1.49. The van der Waals surface area contributed by atoms with Crippen molar-refractivity contribution in [3.8, 4) is 16.9 Å². The lowest BCUT2D eigenvalue weighted by molar-refractivity contribution is 0.411. The van der Waals surface area contributed by atoms with Gasteiger partial charge in [-0.25, -0.2) is 12.8 Å². The van der Waals surface area contributed by atoms with Crippen LogP contribution in [0, 0.1) is 17.0 Å². The first-order valence-electron chi connectivity index (χ1n) is 3.98. The molecule has 1 aromatic rings. The second-order valence-electron chi connectivity index (χ2n) is 2.88. The Morgan fingerprint density at radius 1 is 1.33 bits per heavy atom. The van der Waals surface area contributed by atoms with E-state index in [2.05, 4.69) is 5.92 Å². The van der Waals surface area contributed by atoms with Crippen LogP contribution < -0.4 is 4.74 Å². The van der Waals surface area contributed by atoms with Crippen molar-refractivity contribution in [2.75, 3.05) is 13.4 Å². The van der Waals surface area contributed by atoms with Crippen LogP contribution in [0.3, 0.4) is 0 Å². The molecule has 0 spiro atoms. The van der Waals surface area contributed by atoms with E-state index in [-0.39, 0.29) is 5.56 Å². The van der Waals surface area contributed by atoms with E-state index in [0.717, 1.165) is 12.3 Å². The van der Waals surface area contributed by atoms with Crippen LogP contribution in [-0.2, 0) is 9.84 Å². The lowest BCUT2D eigenvalue weighted by atomic mass is 10.2. The molecule has 0 aliphatic rings. The van der Waals surface area contributed by atoms with Gasteiger partial charge in [-0.15, -0.1) is 0 Å². The zero-order valence-electron chi connectivity index (χ0n) is 8.24. The molecule has 80 valence electrons. The first-order valence-corrected chi connectivity index (χ1v) is 5.87. The van der Waals surface area contributed by atoms with E-state index in [9.17, 15) is 12.8 Å². The van der Waals surface area contributed by atoms with E-state index in [1.54, 1.807) is 0 Å². The van der Waals surface area contributed by atoms with Crippen molar-refractivity contribution in [3.05, 3.63) is 29.6 Å². The van der Waals surface area contributed by atoms with E-state index in [4.69, 9.17) is 4.74 Å². The first-order chi connectivity index (χ1) is 6.90. The van der Waals surface area contributed by atoms with Crippen LogP contribution in [0.1, 0.15) is 5.56 Å². The average molecular weight is 228 g/mol. The molecule has 1 aromatic carbocycles. The monoisotopic (exact) mass is 228 g/mol. The number of halogens is 1. The van der Waals surface area contributed by atoms with Crippen molar-refractivity contribution < 1.29 is 17.5 Å². The predicted octanol–water partition coefficient (Wildman–Crippen LogP) is 1.19. The molecule has 15 heavy (non-hydrogen) atoms. The highest BCUT2D eigenvalue weighted by atomic mass is 32.2. The first kappa shape index (κ1) is 11.5. The van der Waals surface area contributed by atoms with Gasteiger partial charge < -0.3 is 4.74 Å². The Kier molecular flexibility index (Phi) is 3.32. The van der Waals surface area contributed by atoms with Crippen LogP contribution in [0.2, 0.25) is 0 Å². The molecule has 0 saturated carbocycles. The summed E-state index contributed by atoms with van der Waals surface area (Å²) in [5.41, 5.74) is 0.261. The Balaban J connectivity index is 3.14. The molecule has 1 rings (SSSR count). The third-order valence-corrected chi connectivity index (χ3v) is 1.96. The Morgan fingerprint density at radius 3 is 2.53 bits per heavy atom. The highest BCUT2D eigenvalue weighted by Gasteiger charge is 1.99. The van der Waals surface area contributed by atoms with Gasteiger partial charge >= 0.3 is 0 Å². The van der Waals surface area contributed by atoms with Crippen molar-refractivity contribution in [1.82, 2.24) is 0 Å². The second-order valence-corrected chi connectivity index (χ2v) is 4.63. The summed E-state index contributed by atoms with van der Waals surface area (Å²) >= 11 is 0. The quantitative estimate of drug-likeness (QED) is 0.678. The number of methoxy groups -OCH3 is 1. The van der Waals surface area contributed by atoms with Crippen LogP contribution in [-0.4, -0.2) is 21.8 Å². The van der Waals surface area contributed by atoms with E-state index < -0.39 is 15.7 Å². The van der Waals surface area contributed by atoms with E-state index >= 15 is 0 Å². The molecule has 0 aromatic heterocycles.